The number of hydrogen-bond donors (Lipinski definition) is 2. The SMILES string of the molecule is COc1cccc(C=NNC(=O)c2c(C)nnn2-c2nonc2N)c1OC(=O)c1ccccc1. The van der Waals surface area contributed by atoms with Gasteiger partial charge in [-0.05, 0) is 41.5 Å². The van der Waals surface area contributed by atoms with Crippen molar-refractivity contribution in [2.24, 2.45) is 5.10 Å². The van der Waals surface area contributed by atoms with Crippen LogP contribution in [0.5, 0.6) is 11.5 Å². The van der Waals surface area contributed by atoms with Crippen LogP contribution >= 0.6 is 0 Å². The summed E-state index contributed by atoms with van der Waals surface area (Å²) in [5, 5.41) is 18.8. The number of para-hydroxylation sites is 1. The Hall–Kier alpha value is -5.07. The van der Waals surface area contributed by atoms with E-state index in [0.717, 1.165) is 4.68 Å². The van der Waals surface area contributed by atoms with Crippen molar-refractivity contribution < 1.29 is 23.7 Å². The third-order valence-electron chi connectivity index (χ3n) is 4.55. The Balaban J connectivity index is 1.56. The lowest BCUT2D eigenvalue weighted by molar-refractivity contribution is 0.0729. The first-order chi connectivity index (χ1) is 16.5. The van der Waals surface area contributed by atoms with E-state index >= 15 is 0 Å². The van der Waals surface area contributed by atoms with E-state index in [9.17, 15) is 9.59 Å². The van der Waals surface area contributed by atoms with Crippen LogP contribution in [0.15, 0.2) is 58.3 Å². The molecule has 0 fully saturated rings. The Labute approximate surface area is 192 Å². The number of aromatic nitrogens is 5. The minimum atomic E-state index is -0.646. The van der Waals surface area contributed by atoms with Gasteiger partial charge in [-0.3, -0.25) is 4.79 Å². The fraction of sp³-hybridized carbons (Fsp3) is 0.0952. The first kappa shape index (κ1) is 22.1. The van der Waals surface area contributed by atoms with Crippen molar-refractivity contribution in [3.8, 4) is 17.3 Å². The van der Waals surface area contributed by atoms with Crippen LogP contribution < -0.4 is 20.6 Å². The first-order valence-electron chi connectivity index (χ1n) is 9.78. The number of benzene rings is 2. The highest BCUT2D eigenvalue weighted by Crippen LogP contribution is 2.30. The van der Waals surface area contributed by atoms with Gasteiger partial charge in [0.15, 0.2) is 17.2 Å². The molecule has 13 heteroatoms. The van der Waals surface area contributed by atoms with Gasteiger partial charge in [0.05, 0.1) is 24.6 Å². The van der Waals surface area contributed by atoms with Crippen LogP contribution in [0.2, 0.25) is 0 Å². The third kappa shape index (κ3) is 4.43. The topological polar surface area (TPSA) is 173 Å². The highest BCUT2D eigenvalue weighted by Gasteiger charge is 2.23. The summed E-state index contributed by atoms with van der Waals surface area (Å²) in [6, 6.07) is 13.5. The minimum Gasteiger partial charge on any atom is -0.493 e. The van der Waals surface area contributed by atoms with Crippen molar-refractivity contribution in [1.29, 1.82) is 0 Å². The average molecular weight is 462 g/mol. The molecule has 0 aliphatic heterocycles. The number of methoxy groups -OCH3 is 1. The van der Waals surface area contributed by atoms with Crippen molar-refractivity contribution in [3.05, 3.63) is 71.0 Å². The molecule has 0 unspecified atom stereocenters. The lowest BCUT2D eigenvalue weighted by Gasteiger charge is -2.11. The Morgan fingerprint density at radius 3 is 2.65 bits per heavy atom. The zero-order valence-electron chi connectivity index (χ0n) is 18.0. The number of nitrogens with one attached hydrogen (secondary N) is 1. The molecule has 0 aliphatic carbocycles. The molecule has 0 saturated heterocycles. The Morgan fingerprint density at radius 2 is 1.94 bits per heavy atom. The lowest BCUT2D eigenvalue weighted by atomic mass is 10.2. The molecule has 2 aromatic carbocycles. The van der Waals surface area contributed by atoms with Gasteiger partial charge in [0, 0.05) is 5.56 Å². The highest BCUT2D eigenvalue weighted by atomic mass is 16.6. The van der Waals surface area contributed by atoms with Gasteiger partial charge in [-0.1, -0.05) is 29.5 Å². The molecule has 0 spiro atoms. The maximum absolute atomic E-state index is 12.8. The van der Waals surface area contributed by atoms with E-state index in [0.29, 0.717) is 22.6 Å². The smallest absolute Gasteiger partial charge is 0.343 e. The molecule has 0 saturated carbocycles. The van der Waals surface area contributed by atoms with E-state index in [1.54, 1.807) is 55.5 Å². The van der Waals surface area contributed by atoms with Crippen molar-refractivity contribution in [2.45, 2.75) is 6.92 Å². The van der Waals surface area contributed by atoms with Crippen LogP contribution in [0.4, 0.5) is 5.82 Å². The quantitative estimate of drug-likeness (QED) is 0.177. The molecule has 1 amide bonds. The maximum atomic E-state index is 12.8. The van der Waals surface area contributed by atoms with Crippen LogP contribution in [-0.2, 0) is 0 Å². The Bertz CT molecular complexity index is 1360. The molecule has 4 aromatic rings. The number of carbonyl (C=O) groups excluding carboxylic acids is 2. The van der Waals surface area contributed by atoms with Gasteiger partial charge < -0.3 is 15.2 Å². The summed E-state index contributed by atoms with van der Waals surface area (Å²) in [7, 11) is 1.44. The number of esters is 1. The van der Waals surface area contributed by atoms with Gasteiger partial charge in [0.25, 0.3) is 5.91 Å². The predicted octanol–water partition coefficient (Wildman–Crippen LogP) is 1.53. The maximum Gasteiger partial charge on any atom is 0.343 e. The van der Waals surface area contributed by atoms with Gasteiger partial charge in [-0.2, -0.15) is 9.78 Å². The van der Waals surface area contributed by atoms with E-state index in [2.05, 4.69) is 35.8 Å². The number of rotatable bonds is 7. The third-order valence-corrected chi connectivity index (χ3v) is 4.55. The summed E-state index contributed by atoms with van der Waals surface area (Å²) in [6.07, 6.45) is 1.31. The number of nitrogens with two attached hydrogens (primary N) is 1. The molecule has 0 atom stereocenters. The average Bonchev–Trinajstić information content (AvgIpc) is 3.45. The number of nitrogens with zero attached hydrogens (tertiary/aromatic N) is 6. The van der Waals surface area contributed by atoms with Crippen LogP contribution in [-0.4, -0.2) is 50.5 Å². The van der Waals surface area contributed by atoms with Gasteiger partial charge in [-0.25, -0.2) is 14.8 Å². The summed E-state index contributed by atoms with van der Waals surface area (Å²) in [6.45, 7) is 1.58. The van der Waals surface area contributed by atoms with E-state index in [4.69, 9.17) is 15.2 Å². The Morgan fingerprint density at radius 1 is 1.15 bits per heavy atom. The zero-order valence-corrected chi connectivity index (χ0v) is 18.0. The van der Waals surface area contributed by atoms with Crippen LogP contribution in [0.25, 0.3) is 5.82 Å². The van der Waals surface area contributed by atoms with Crippen molar-refractivity contribution in [3.63, 3.8) is 0 Å². The second-order valence-electron chi connectivity index (χ2n) is 6.74. The summed E-state index contributed by atoms with van der Waals surface area (Å²) < 4.78 is 16.5. The molecular weight excluding hydrogens is 444 g/mol. The largest absolute Gasteiger partial charge is 0.493 e. The second kappa shape index (κ2) is 9.60. The van der Waals surface area contributed by atoms with Gasteiger partial charge >= 0.3 is 5.97 Å². The van der Waals surface area contributed by atoms with E-state index in [1.807, 2.05) is 0 Å². The molecular formula is C21H18N8O5. The molecule has 0 bridgehead atoms. The molecule has 3 N–H and O–H groups in total. The van der Waals surface area contributed by atoms with Crippen molar-refractivity contribution in [1.82, 2.24) is 30.7 Å². The zero-order chi connectivity index (χ0) is 24.1. The van der Waals surface area contributed by atoms with Gasteiger partial charge in [0.2, 0.25) is 11.6 Å². The minimum absolute atomic E-state index is 0.0117. The van der Waals surface area contributed by atoms with E-state index < -0.39 is 11.9 Å². The number of aryl methyl sites for hydroxylation is 1. The fourth-order valence-electron chi connectivity index (χ4n) is 2.95. The van der Waals surface area contributed by atoms with Crippen molar-refractivity contribution in [2.75, 3.05) is 12.8 Å². The van der Waals surface area contributed by atoms with Crippen LogP contribution in [0.1, 0.15) is 32.1 Å². The summed E-state index contributed by atoms with van der Waals surface area (Å²) in [4.78, 5) is 25.3. The number of carbonyl (C=O) groups is 2. The molecule has 0 radical (unpaired) electrons. The molecule has 172 valence electrons. The normalized spacial score (nSPS) is 10.9. The molecule has 0 aliphatic rings. The summed E-state index contributed by atoms with van der Waals surface area (Å²) in [5.74, 6) is -0.825. The summed E-state index contributed by atoms with van der Waals surface area (Å²) in [5.41, 5.74) is 9.14. The number of anilines is 1. The second-order valence-corrected chi connectivity index (χ2v) is 6.74. The molecule has 4 rings (SSSR count). The molecule has 34 heavy (non-hydrogen) atoms. The highest BCUT2D eigenvalue weighted by molar-refractivity contribution is 5.96. The van der Waals surface area contributed by atoms with Crippen LogP contribution in [0.3, 0.4) is 0 Å². The molecule has 2 heterocycles. The Kier molecular flexibility index (Phi) is 6.25. The van der Waals surface area contributed by atoms with Gasteiger partial charge in [-0.15, -0.1) is 5.10 Å². The van der Waals surface area contributed by atoms with E-state index in [1.165, 1.54) is 13.3 Å². The van der Waals surface area contributed by atoms with Crippen LogP contribution in [0, 0.1) is 6.92 Å². The number of amides is 1. The number of hydrogen-bond acceptors (Lipinski definition) is 11. The molecule has 2 aromatic heterocycles. The lowest BCUT2D eigenvalue weighted by Crippen LogP contribution is -2.23. The first-order valence-corrected chi connectivity index (χ1v) is 9.78. The molecule has 13 nitrogen and oxygen atoms in total. The number of ether oxygens (including phenoxy) is 2. The number of nitrogen functional groups attached to an aromatic ring is 1. The fourth-order valence-corrected chi connectivity index (χ4v) is 2.95. The van der Waals surface area contributed by atoms with Gasteiger partial charge in [0.1, 0.15) is 0 Å². The standard InChI is InChI=1S/C21H18N8O5/c1-12-16(29(28-24-12)19-18(22)26-34-27-19)20(30)25-23-11-14-9-6-10-15(32-2)17(14)33-21(31)13-7-4-3-5-8-13/h3-11H,1-2H3,(H2,22,26)(H,25,30). The van der Waals surface area contributed by atoms with E-state index in [-0.39, 0.29) is 23.1 Å². The monoisotopic (exact) mass is 462 g/mol. The van der Waals surface area contributed by atoms with Crippen molar-refractivity contribution >= 4 is 23.9 Å². The predicted molar refractivity (Wildman–Crippen MR) is 118 cm³/mol. The summed E-state index contributed by atoms with van der Waals surface area (Å²) >= 11 is 0. The number of hydrazone groups is 1.